The van der Waals surface area contributed by atoms with Crippen molar-refractivity contribution in [1.29, 1.82) is 0 Å². The number of aliphatic imine (C=N–C) groups is 1. The van der Waals surface area contributed by atoms with E-state index in [2.05, 4.69) is 38.6 Å². The molecule has 0 aliphatic carbocycles. The summed E-state index contributed by atoms with van der Waals surface area (Å²) in [4.78, 5) is 9.14. The molecule has 4 nitrogen and oxygen atoms in total. The van der Waals surface area contributed by atoms with Gasteiger partial charge in [0, 0.05) is 11.6 Å². The van der Waals surface area contributed by atoms with Crippen molar-refractivity contribution in [3.8, 4) is 0 Å². The van der Waals surface area contributed by atoms with Crippen LogP contribution in [0, 0.1) is 0 Å². The number of nitrogens with zero attached hydrogens (tertiary/aromatic N) is 3. The van der Waals surface area contributed by atoms with Crippen LogP contribution in [0.15, 0.2) is 59.6 Å². The number of hydrogen-bond acceptors (Lipinski definition) is 2. The van der Waals surface area contributed by atoms with E-state index in [-0.39, 0.29) is 18.4 Å². The molecule has 0 saturated carbocycles. The predicted octanol–water partition coefficient (Wildman–Crippen LogP) is 4.18. The first-order chi connectivity index (χ1) is 11.1. The molecule has 0 aliphatic heterocycles. The van der Waals surface area contributed by atoms with E-state index in [4.69, 9.17) is 5.73 Å². The zero-order chi connectivity index (χ0) is 16.0. The summed E-state index contributed by atoms with van der Waals surface area (Å²) < 4.78 is 2.18. The molecule has 24 heavy (non-hydrogen) atoms. The van der Waals surface area contributed by atoms with Crippen LogP contribution in [0.5, 0.6) is 0 Å². The molecule has 2 N–H and O–H groups in total. The molecule has 0 aliphatic rings. The summed E-state index contributed by atoms with van der Waals surface area (Å²) in [5, 5.41) is 1.15. The fourth-order valence-electron chi connectivity index (χ4n) is 2.96. The molecule has 2 heterocycles. The SMILES string of the molecule is CC(C)N=C(N)c1ccc2ccc3nc4ccccc4n3c2c1.Cl. The number of para-hydroxylation sites is 2. The minimum absolute atomic E-state index is 0. The highest BCUT2D eigenvalue weighted by molar-refractivity contribution is 6.01. The van der Waals surface area contributed by atoms with Crippen molar-refractivity contribution in [3.05, 3.63) is 60.2 Å². The van der Waals surface area contributed by atoms with Crippen molar-refractivity contribution in [2.24, 2.45) is 10.7 Å². The fourth-order valence-corrected chi connectivity index (χ4v) is 2.96. The molecule has 0 spiro atoms. The van der Waals surface area contributed by atoms with E-state index in [1.165, 1.54) is 0 Å². The van der Waals surface area contributed by atoms with Crippen molar-refractivity contribution in [2.75, 3.05) is 0 Å². The highest BCUT2D eigenvalue weighted by Crippen LogP contribution is 2.24. The standard InChI is InChI=1S/C19H18N4.ClH/c1-12(2)21-19(20)14-8-7-13-9-10-18-22-15-5-3-4-6-16(15)23(18)17(13)11-14;/h3-12H,1-2H3,(H2,20,21);1H. The number of pyridine rings is 1. The topological polar surface area (TPSA) is 55.7 Å². The van der Waals surface area contributed by atoms with Gasteiger partial charge in [-0.05, 0) is 49.6 Å². The van der Waals surface area contributed by atoms with Crippen LogP contribution in [0.3, 0.4) is 0 Å². The molecule has 2 aromatic heterocycles. The first-order valence-corrected chi connectivity index (χ1v) is 7.77. The van der Waals surface area contributed by atoms with Gasteiger partial charge in [-0.1, -0.05) is 24.3 Å². The number of fused-ring (bicyclic) bond motifs is 5. The minimum Gasteiger partial charge on any atom is -0.383 e. The van der Waals surface area contributed by atoms with Gasteiger partial charge in [0.15, 0.2) is 0 Å². The molecule has 4 rings (SSSR count). The van der Waals surface area contributed by atoms with Gasteiger partial charge in [-0.3, -0.25) is 9.39 Å². The molecule has 0 saturated heterocycles. The van der Waals surface area contributed by atoms with Crippen LogP contribution >= 0.6 is 12.4 Å². The largest absolute Gasteiger partial charge is 0.383 e. The Kier molecular flexibility index (Phi) is 4.16. The molecule has 122 valence electrons. The molecule has 5 heteroatoms. The molecule has 0 unspecified atom stereocenters. The van der Waals surface area contributed by atoms with Crippen molar-refractivity contribution in [3.63, 3.8) is 0 Å². The van der Waals surface area contributed by atoms with Crippen LogP contribution in [0.2, 0.25) is 0 Å². The first-order valence-electron chi connectivity index (χ1n) is 7.77. The van der Waals surface area contributed by atoms with Crippen LogP contribution in [-0.4, -0.2) is 21.3 Å². The molecule has 0 fully saturated rings. The number of hydrogen-bond donors (Lipinski definition) is 1. The van der Waals surface area contributed by atoms with Crippen LogP contribution < -0.4 is 5.73 Å². The van der Waals surface area contributed by atoms with E-state index in [1.54, 1.807) is 0 Å². The van der Waals surface area contributed by atoms with E-state index < -0.39 is 0 Å². The Hall–Kier alpha value is -2.59. The maximum absolute atomic E-state index is 6.14. The average Bonchev–Trinajstić information content (AvgIpc) is 2.92. The summed E-state index contributed by atoms with van der Waals surface area (Å²) in [5.74, 6) is 0.573. The second-order valence-electron chi connectivity index (χ2n) is 6.01. The summed E-state index contributed by atoms with van der Waals surface area (Å²) in [6.07, 6.45) is 0. The zero-order valence-electron chi connectivity index (χ0n) is 13.6. The van der Waals surface area contributed by atoms with Gasteiger partial charge in [0.05, 0.1) is 16.6 Å². The van der Waals surface area contributed by atoms with Crippen LogP contribution in [0.25, 0.3) is 27.6 Å². The molecule has 0 atom stereocenters. The average molecular weight is 339 g/mol. The lowest BCUT2D eigenvalue weighted by Gasteiger charge is -2.07. The molecule has 0 radical (unpaired) electrons. The van der Waals surface area contributed by atoms with E-state index >= 15 is 0 Å². The summed E-state index contributed by atoms with van der Waals surface area (Å²) in [6.45, 7) is 4.05. The lowest BCUT2D eigenvalue weighted by atomic mass is 10.1. The minimum atomic E-state index is 0. The van der Waals surface area contributed by atoms with Crippen molar-refractivity contribution < 1.29 is 0 Å². The van der Waals surface area contributed by atoms with E-state index in [0.717, 1.165) is 33.1 Å². The van der Waals surface area contributed by atoms with Gasteiger partial charge in [0.2, 0.25) is 0 Å². The number of aromatic nitrogens is 2. The van der Waals surface area contributed by atoms with Gasteiger partial charge in [-0.2, -0.15) is 0 Å². The third-order valence-corrected chi connectivity index (χ3v) is 3.96. The van der Waals surface area contributed by atoms with E-state index in [9.17, 15) is 0 Å². The van der Waals surface area contributed by atoms with Gasteiger partial charge in [-0.15, -0.1) is 12.4 Å². The normalized spacial score (nSPS) is 12.2. The monoisotopic (exact) mass is 338 g/mol. The van der Waals surface area contributed by atoms with Gasteiger partial charge in [0.1, 0.15) is 11.5 Å². The fraction of sp³-hybridized carbons (Fsp3) is 0.158. The maximum atomic E-state index is 6.14. The number of imidazole rings is 1. The molecule has 0 amide bonds. The Morgan fingerprint density at radius 2 is 1.79 bits per heavy atom. The number of amidine groups is 1. The van der Waals surface area contributed by atoms with Gasteiger partial charge >= 0.3 is 0 Å². The van der Waals surface area contributed by atoms with Gasteiger partial charge in [-0.25, -0.2) is 4.98 Å². The Morgan fingerprint density at radius 3 is 2.58 bits per heavy atom. The second kappa shape index (κ2) is 6.13. The van der Waals surface area contributed by atoms with Gasteiger partial charge in [0.25, 0.3) is 0 Å². The molecular weight excluding hydrogens is 320 g/mol. The Balaban J connectivity index is 0.00000169. The van der Waals surface area contributed by atoms with Crippen molar-refractivity contribution >= 4 is 45.8 Å². The predicted molar refractivity (Wildman–Crippen MR) is 103 cm³/mol. The number of halogens is 1. The van der Waals surface area contributed by atoms with Crippen molar-refractivity contribution in [1.82, 2.24) is 9.38 Å². The highest BCUT2D eigenvalue weighted by Gasteiger charge is 2.09. The molecule has 0 bridgehead atoms. The molecule has 2 aromatic carbocycles. The molecular formula is C19H19ClN4. The number of rotatable bonds is 2. The first kappa shape index (κ1) is 16.3. The number of nitrogens with two attached hydrogens (primary N) is 1. The number of benzene rings is 2. The van der Waals surface area contributed by atoms with Crippen molar-refractivity contribution in [2.45, 2.75) is 19.9 Å². The Morgan fingerprint density at radius 1 is 1.04 bits per heavy atom. The second-order valence-corrected chi connectivity index (χ2v) is 6.01. The molecule has 4 aromatic rings. The van der Waals surface area contributed by atoms with Crippen LogP contribution in [-0.2, 0) is 0 Å². The summed E-state index contributed by atoms with van der Waals surface area (Å²) in [6, 6.07) is 18.7. The third kappa shape index (κ3) is 2.59. The summed E-state index contributed by atoms with van der Waals surface area (Å²) in [7, 11) is 0. The smallest absolute Gasteiger partial charge is 0.138 e. The highest BCUT2D eigenvalue weighted by atomic mass is 35.5. The lowest BCUT2D eigenvalue weighted by molar-refractivity contribution is 0.834. The van der Waals surface area contributed by atoms with Crippen LogP contribution in [0.1, 0.15) is 19.4 Å². The van der Waals surface area contributed by atoms with Crippen LogP contribution in [0.4, 0.5) is 0 Å². The lowest BCUT2D eigenvalue weighted by Crippen LogP contribution is -2.15. The Labute approximate surface area is 146 Å². The summed E-state index contributed by atoms with van der Waals surface area (Å²) in [5.41, 5.74) is 11.2. The Bertz CT molecular complexity index is 1060. The van der Waals surface area contributed by atoms with E-state index in [0.29, 0.717) is 5.84 Å². The van der Waals surface area contributed by atoms with Gasteiger partial charge < -0.3 is 5.73 Å². The quantitative estimate of drug-likeness (QED) is 0.440. The summed E-state index contributed by atoms with van der Waals surface area (Å²) >= 11 is 0. The zero-order valence-corrected chi connectivity index (χ0v) is 14.4. The third-order valence-electron chi connectivity index (χ3n) is 3.96. The maximum Gasteiger partial charge on any atom is 0.138 e. The van der Waals surface area contributed by atoms with E-state index in [1.807, 2.05) is 44.2 Å².